The molecule has 1 aliphatic carbocycles. The summed E-state index contributed by atoms with van der Waals surface area (Å²) in [7, 11) is 0. The molecule has 1 fully saturated rings. The molecule has 20 heavy (non-hydrogen) atoms. The van der Waals surface area contributed by atoms with Crippen LogP contribution < -0.4 is 5.32 Å². The molecule has 0 saturated heterocycles. The molecule has 0 spiro atoms. The lowest BCUT2D eigenvalue weighted by atomic mass is 9.82. The number of hydrogen-bond acceptors (Lipinski definition) is 2. The predicted molar refractivity (Wildman–Crippen MR) is 78.9 cm³/mol. The highest BCUT2D eigenvalue weighted by Gasteiger charge is 2.25. The number of hydrogen-bond donors (Lipinski definition) is 2. The lowest BCUT2D eigenvalue weighted by molar-refractivity contribution is -0.143. The Kier molecular flexibility index (Phi) is 5.54. The lowest BCUT2D eigenvalue weighted by Crippen LogP contribution is -2.28. The molecule has 3 nitrogen and oxygen atoms in total. The first-order valence-corrected chi connectivity index (χ1v) is 7.73. The van der Waals surface area contributed by atoms with Crippen LogP contribution in [0.2, 0.25) is 0 Å². The molecule has 0 aromatic heterocycles. The Bertz CT molecular complexity index is 473. The predicted octanol–water partition coefficient (Wildman–Crippen LogP) is 3.57. The monoisotopic (exact) mass is 343 g/mol. The average Bonchev–Trinajstić information content (AvgIpc) is 2.43. The van der Waals surface area contributed by atoms with Crippen LogP contribution in [0.1, 0.15) is 31.2 Å². The summed E-state index contributed by atoms with van der Waals surface area (Å²) in [6, 6.07) is 5.01. The molecule has 110 valence electrons. The van der Waals surface area contributed by atoms with Crippen LogP contribution in [0.15, 0.2) is 22.7 Å². The number of benzene rings is 1. The first-order chi connectivity index (χ1) is 9.56. The zero-order chi connectivity index (χ0) is 14.5. The van der Waals surface area contributed by atoms with Crippen LogP contribution in [0.5, 0.6) is 0 Å². The molecule has 2 N–H and O–H groups in total. The third-order valence-electron chi connectivity index (χ3n) is 3.94. The normalized spacial score (nSPS) is 22.7. The molecular formula is C15H19BrFNO2. The molecule has 0 atom stereocenters. The Morgan fingerprint density at radius 1 is 1.35 bits per heavy atom. The number of nitrogens with one attached hydrogen (secondary N) is 1. The van der Waals surface area contributed by atoms with Crippen LogP contribution in [0.3, 0.4) is 0 Å². The molecule has 0 bridgehead atoms. The van der Waals surface area contributed by atoms with Gasteiger partial charge in [0, 0.05) is 6.54 Å². The quantitative estimate of drug-likeness (QED) is 0.859. The van der Waals surface area contributed by atoms with Crippen molar-refractivity contribution >= 4 is 21.9 Å². The number of halogens is 2. The van der Waals surface area contributed by atoms with Crippen molar-refractivity contribution in [3.8, 4) is 0 Å². The van der Waals surface area contributed by atoms with Gasteiger partial charge in [-0.2, -0.15) is 0 Å². The van der Waals surface area contributed by atoms with E-state index >= 15 is 0 Å². The van der Waals surface area contributed by atoms with Crippen molar-refractivity contribution in [2.75, 3.05) is 6.54 Å². The number of carboxylic acids is 1. The third kappa shape index (κ3) is 4.28. The highest BCUT2D eigenvalue weighted by Crippen LogP contribution is 2.28. The SMILES string of the molecule is O=C(O)C1CCC(CNCc2ccc(F)c(Br)c2)CC1. The minimum absolute atomic E-state index is 0.153. The minimum atomic E-state index is -0.660. The van der Waals surface area contributed by atoms with Crippen LogP contribution in [-0.4, -0.2) is 17.6 Å². The van der Waals surface area contributed by atoms with E-state index in [1.165, 1.54) is 6.07 Å². The Labute approximate surface area is 126 Å². The van der Waals surface area contributed by atoms with Crippen molar-refractivity contribution < 1.29 is 14.3 Å². The molecule has 0 radical (unpaired) electrons. The number of rotatable bonds is 5. The van der Waals surface area contributed by atoms with Gasteiger partial charge in [-0.25, -0.2) is 4.39 Å². The van der Waals surface area contributed by atoms with Crippen molar-refractivity contribution in [3.05, 3.63) is 34.1 Å². The van der Waals surface area contributed by atoms with E-state index in [2.05, 4.69) is 21.2 Å². The Balaban J connectivity index is 1.71. The summed E-state index contributed by atoms with van der Waals surface area (Å²) >= 11 is 3.18. The van der Waals surface area contributed by atoms with Crippen LogP contribution in [-0.2, 0) is 11.3 Å². The third-order valence-corrected chi connectivity index (χ3v) is 4.55. The van der Waals surface area contributed by atoms with Gasteiger partial charge in [0.2, 0.25) is 0 Å². The topological polar surface area (TPSA) is 49.3 Å². The maximum absolute atomic E-state index is 13.1. The van der Waals surface area contributed by atoms with Crippen molar-refractivity contribution in [3.63, 3.8) is 0 Å². The van der Waals surface area contributed by atoms with Gasteiger partial charge < -0.3 is 10.4 Å². The number of carbonyl (C=O) groups is 1. The van der Waals surface area contributed by atoms with E-state index in [-0.39, 0.29) is 11.7 Å². The van der Waals surface area contributed by atoms with Gasteiger partial charge in [-0.05, 0) is 71.8 Å². The largest absolute Gasteiger partial charge is 0.481 e. The summed E-state index contributed by atoms with van der Waals surface area (Å²) in [5, 5.41) is 12.3. The summed E-state index contributed by atoms with van der Waals surface area (Å²) in [4.78, 5) is 10.9. The van der Waals surface area contributed by atoms with Crippen LogP contribution in [0, 0.1) is 17.7 Å². The second-order valence-corrected chi connectivity index (χ2v) is 6.29. The van der Waals surface area contributed by atoms with Gasteiger partial charge in [-0.15, -0.1) is 0 Å². The molecule has 1 aromatic carbocycles. The number of carboxylic acid groups (broad SMARTS) is 1. The van der Waals surface area contributed by atoms with Gasteiger partial charge in [0.15, 0.2) is 0 Å². The van der Waals surface area contributed by atoms with E-state index < -0.39 is 5.97 Å². The fourth-order valence-electron chi connectivity index (χ4n) is 2.68. The van der Waals surface area contributed by atoms with E-state index in [1.807, 2.05) is 0 Å². The zero-order valence-corrected chi connectivity index (χ0v) is 12.8. The summed E-state index contributed by atoms with van der Waals surface area (Å²) in [6.45, 7) is 1.60. The standard InChI is InChI=1S/C15H19BrFNO2/c16-13-7-11(3-6-14(13)17)9-18-8-10-1-4-12(5-2-10)15(19)20/h3,6-7,10,12,18H,1-2,4-5,8-9H2,(H,19,20). The zero-order valence-electron chi connectivity index (χ0n) is 11.2. The summed E-state index contributed by atoms with van der Waals surface area (Å²) in [6.07, 6.45) is 3.50. The molecule has 5 heteroatoms. The maximum atomic E-state index is 13.1. The van der Waals surface area contributed by atoms with Gasteiger partial charge in [0.1, 0.15) is 5.82 Å². The average molecular weight is 344 g/mol. The molecule has 0 aliphatic heterocycles. The minimum Gasteiger partial charge on any atom is -0.481 e. The maximum Gasteiger partial charge on any atom is 0.306 e. The molecule has 0 unspecified atom stereocenters. The van der Waals surface area contributed by atoms with Gasteiger partial charge >= 0.3 is 5.97 Å². The Morgan fingerprint density at radius 2 is 2.05 bits per heavy atom. The van der Waals surface area contributed by atoms with Crippen LogP contribution in [0.25, 0.3) is 0 Å². The number of aliphatic carboxylic acids is 1. The molecule has 0 amide bonds. The molecule has 1 saturated carbocycles. The second kappa shape index (κ2) is 7.18. The van der Waals surface area contributed by atoms with Gasteiger partial charge in [0.25, 0.3) is 0 Å². The Hall–Kier alpha value is -0.940. The first-order valence-electron chi connectivity index (χ1n) is 6.93. The van der Waals surface area contributed by atoms with Crippen molar-refractivity contribution in [2.45, 2.75) is 32.2 Å². The van der Waals surface area contributed by atoms with Crippen molar-refractivity contribution in [2.24, 2.45) is 11.8 Å². The van der Waals surface area contributed by atoms with Crippen molar-refractivity contribution in [1.82, 2.24) is 5.32 Å². The second-order valence-electron chi connectivity index (χ2n) is 5.44. The van der Waals surface area contributed by atoms with Crippen LogP contribution in [0.4, 0.5) is 4.39 Å². The van der Waals surface area contributed by atoms with E-state index in [4.69, 9.17) is 5.11 Å². The van der Waals surface area contributed by atoms with Gasteiger partial charge in [-0.3, -0.25) is 4.79 Å². The van der Waals surface area contributed by atoms with E-state index in [0.717, 1.165) is 37.8 Å². The summed E-state index contributed by atoms with van der Waals surface area (Å²) in [5.41, 5.74) is 1.04. The molecule has 0 heterocycles. The fourth-order valence-corrected chi connectivity index (χ4v) is 3.11. The smallest absolute Gasteiger partial charge is 0.306 e. The molecule has 1 aliphatic rings. The van der Waals surface area contributed by atoms with Gasteiger partial charge in [-0.1, -0.05) is 6.07 Å². The highest BCUT2D eigenvalue weighted by molar-refractivity contribution is 9.10. The molecular weight excluding hydrogens is 325 g/mol. The van der Waals surface area contributed by atoms with E-state index in [1.54, 1.807) is 12.1 Å². The first kappa shape index (κ1) is 15.4. The highest BCUT2D eigenvalue weighted by atomic mass is 79.9. The Morgan fingerprint density at radius 3 is 2.65 bits per heavy atom. The molecule has 1 aromatic rings. The molecule has 2 rings (SSSR count). The van der Waals surface area contributed by atoms with E-state index in [9.17, 15) is 9.18 Å². The van der Waals surface area contributed by atoms with Gasteiger partial charge in [0.05, 0.1) is 10.4 Å². The summed E-state index contributed by atoms with van der Waals surface area (Å²) < 4.78 is 13.6. The van der Waals surface area contributed by atoms with E-state index in [0.29, 0.717) is 16.9 Å². The summed E-state index contributed by atoms with van der Waals surface area (Å²) in [5.74, 6) is -0.512. The van der Waals surface area contributed by atoms with Crippen molar-refractivity contribution in [1.29, 1.82) is 0 Å². The fraction of sp³-hybridized carbons (Fsp3) is 0.533. The van der Waals surface area contributed by atoms with Crippen LogP contribution >= 0.6 is 15.9 Å². The lowest BCUT2D eigenvalue weighted by Gasteiger charge is -2.26.